The highest BCUT2D eigenvalue weighted by atomic mass is 79.9. The molecule has 0 N–H and O–H groups in total. The average molecular weight is 384 g/mol. The number of benzene rings is 2. The van der Waals surface area contributed by atoms with Gasteiger partial charge < -0.3 is 0 Å². The topological polar surface area (TPSA) is 0 Å². The number of hydrogen-bond donors (Lipinski definition) is 0. The summed E-state index contributed by atoms with van der Waals surface area (Å²) in [6, 6.07) is 13.7. The molecule has 0 aliphatic heterocycles. The van der Waals surface area contributed by atoms with Crippen LogP contribution in [0.3, 0.4) is 0 Å². The normalized spacial score (nSPS) is 21.4. The van der Waals surface area contributed by atoms with Crippen molar-refractivity contribution in [3.63, 3.8) is 0 Å². The highest BCUT2D eigenvalue weighted by Crippen LogP contribution is 2.43. The summed E-state index contributed by atoms with van der Waals surface area (Å²) in [7, 11) is 0. The Morgan fingerprint density at radius 2 is 1.95 bits per heavy atom. The summed E-state index contributed by atoms with van der Waals surface area (Å²) >= 11 is 7.15. The van der Waals surface area contributed by atoms with E-state index in [1.165, 1.54) is 17.2 Å². The van der Waals surface area contributed by atoms with Gasteiger partial charge >= 0.3 is 0 Å². The van der Waals surface area contributed by atoms with Gasteiger partial charge in [0.1, 0.15) is 5.82 Å². The third-order valence-electron chi connectivity index (χ3n) is 3.67. The molecule has 0 radical (unpaired) electrons. The molecule has 3 rings (SSSR count). The summed E-state index contributed by atoms with van der Waals surface area (Å²) in [4.78, 5) is 0.366. The van der Waals surface area contributed by atoms with Gasteiger partial charge in [0.2, 0.25) is 0 Å². The maximum Gasteiger partial charge on any atom is 0.124 e. The van der Waals surface area contributed by atoms with E-state index in [9.17, 15) is 4.39 Å². The summed E-state index contributed by atoms with van der Waals surface area (Å²) in [5.74, 6) is 0.317. The minimum atomic E-state index is -0.175. The summed E-state index contributed by atoms with van der Waals surface area (Å²) in [5.41, 5.74) is 3.84. The van der Waals surface area contributed by atoms with Gasteiger partial charge in [-0.15, -0.1) is 0 Å². The minimum absolute atomic E-state index is 0.175. The van der Waals surface area contributed by atoms with E-state index in [1.54, 1.807) is 6.07 Å². The van der Waals surface area contributed by atoms with Gasteiger partial charge in [0.15, 0.2) is 0 Å². The van der Waals surface area contributed by atoms with Crippen molar-refractivity contribution >= 4 is 31.9 Å². The highest BCUT2D eigenvalue weighted by molar-refractivity contribution is 9.10. The highest BCUT2D eigenvalue weighted by Gasteiger charge is 2.30. The Balaban J connectivity index is 1.82. The molecule has 0 amide bonds. The molecule has 1 aliphatic rings. The van der Waals surface area contributed by atoms with Crippen LogP contribution < -0.4 is 0 Å². The quantitative estimate of drug-likeness (QED) is 0.605. The van der Waals surface area contributed by atoms with Crippen LogP contribution in [0.15, 0.2) is 46.9 Å². The first-order valence-electron chi connectivity index (χ1n) is 6.30. The molecule has 0 fully saturated rings. The molecular formula is C16H13Br2F. The van der Waals surface area contributed by atoms with Gasteiger partial charge in [-0.25, -0.2) is 4.39 Å². The van der Waals surface area contributed by atoms with Crippen molar-refractivity contribution in [1.29, 1.82) is 0 Å². The zero-order valence-corrected chi connectivity index (χ0v) is 13.4. The second kappa shape index (κ2) is 5.37. The lowest BCUT2D eigenvalue weighted by Crippen LogP contribution is -2.06. The number of fused-ring (bicyclic) bond motifs is 1. The van der Waals surface area contributed by atoms with E-state index >= 15 is 0 Å². The molecule has 3 heteroatoms. The Morgan fingerprint density at radius 3 is 2.68 bits per heavy atom. The largest absolute Gasteiger partial charge is 0.207 e. The van der Waals surface area contributed by atoms with E-state index in [-0.39, 0.29) is 5.82 Å². The summed E-state index contributed by atoms with van der Waals surface area (Å²) in [6.45, 7) is 0. The first kappa shape index (κ1) is 13.3. The van der Waals surface area contributed by atoms with Crippen LogP contribution in [-0.4, -0.2) is 0 Å². The Morgan fingerprint density at radius 1 is 1.16 bits per heavy atom. The molecule has 1 aliphatic carbocycles. The van der Waals surface area contributed by atoms with Crippen molar-refractivity contribution in [2.75, 3.05) is 0 Å². The molecule has 0 saturated heterocycles. The van der Waals surface area contributed by atoms with Crippen LogP contribution in [-0.2, 0) is 12.8 Å². The van der Waals surface area contributed by atoms with Crippen LogP contribution in [0.25, 0.3) is 0 Å². The van der Waals surface area contributed by atoms with Crippen LogP contribution in [0, 0.1) is 11.7 Å². The molecule has 0 aromatic heterocycles. The van der Waals surface area contributed by atoms with Gasteiger partial charge in [-0.05, 0) is 53.6 Å². The van der Waals surface area contributed by atoms with Gasteiger partial charge in [0.25, 0.3) is 0 Å². The molecule has 0 heterocycles. The van der Waals surface area contributed by atoms with E-state index < -0.39 is 0 Å². The summed E-state index contributed by atoms with van der Waals surface area (Å²) in [6.07, 6.45) is 1.95. The molecule has 0 saturated carbocycles. The average Bonchev–Trinajstić information content (AvgIpc) is 2.66. The molecule has 2 unspecified atom stereocenters. The molecule has 98 valence electrons. The van der Waals surface area contributed by atoms with Crippen molar-refractivity contribution in [2.24, 2.45) is 5.92 Å². The predicted octanol–water partition coefficient (Wildman–Crippen LogP) is 5.44. The first-order chi connectivity index (χ1) is 9.13. The fourth-order valence-corrected chi connectivity index (χ4v) is 4.17. The number of halogens is 3. The van der Waals surface area contributed by atoms with E-state index in [2.05, 4.69) is 56.1 Å². The van der Waals surface area contributed by atoms with Crippen molar-refractivity contribution in [2.45, 2.75) is 17.7 Å². The molecule has 0 nitrogen and oxygen atoms in total. The monoisotopic (exact) mass is 382 g/mol. The van der Waals surface area contributed by atoms with Crippen molar-refractivity contribution in [1.82, 2.24) is 0 Å². The van der Waals surface area contributed by atoms with E-state index in [1.807, 2.05) is 6.07 Å². The lowest BCUT2D eigenvalue weighted by atomic mass is 9.96. The third kappa shape index (κ3) is 2.77. The molecule has 2 aromatic rings. The predicted molar refractivity (Wildman–Crippen MR) is 83.1 cm³/mol. The molecule has 0 bridgehead atoms. The summed E-state index contributed by atoms with van der Waals surface area (Å²) < 4.78 is 14.2. The SMILES string of the molecule is Fc1cc(Br)cc(CC2Cc3ccccc3C2Br)c1. The van der Waals surface area contributed by atoms with Crippen molar-refractivity contribution in [3.05, 3.63) is 69.4 Å². The molecule has 19 heavy (non-hydrogen) atoms. The smallest absolute Gasteiger partial charge is 0.124 e. The number of rotatable bonds is 2. The maximum atomic E-state index is 13.4. The van der Waals surface area contributed by atoms with Gasteiger partial charge in [-0.3, -0.25) is 0 Å². The number of alkyl halides is 1. The Labute approximate surface area is 129 Å². The molecule has 2 aromatic carbocycles. The lowest BCUT2D eigenvalue weighted by molar-refractivity contribution is 0.550. The van der Waals surface area contributed by atoms with Crippen LogP contribution in [0.2, 0.25) is 0 Å². The lowest BCUT2D eigenvalue weighted by Gasteiger charge is -2.15. The molecule has 0 spiro atoms. The molecule has 2 atom stereocenters. The Kier molecular flexibility index (Phi) is 3.77. The van der Waals surface area contributed by atoms with Gasteiger partial charge in [0, 0.05) is 9.30 Å². The van der Waals surface area contributed by atoms with Gasteiger partial charge in [-0.2, -0.15) is 0 Å². The van der Waals surface area contributed by atoms with Crippen LogP contribution >= 0.6 is 31.9 Å². The standard InChI is InChI=1S/C16H13Br2F/c17-13-6-10(7-14(19)9-13)5-12-8-11-3-1-2-4-15(11)16(12)18/h1-4,6-7,9,12,16H,5,8H2. The van der Waals surface area contributed by atoms with Crippen molar-refractivity contribution < 1.29 is 4.39 Å². The van der Waals surface area contributed by atoms with Crippen molar-refractivity contribution in [3.8, 4) is 0 Å². The Hall–Kier alpha value is -0.670. The van der Waals surface area contributed by atoms with Crippen LogP contribution in [0.4, 0.5) is 4.39 Å². The van der Waals surface area contributed by atoms with E-state index in [0.717, 1.165) is 22.9 Å². The zero-order chi connectivity index (χ0) is 13.4. The van der Waals surface area contributed by atoms with E-state index in [0.29, 0.717) is 10.7 Å². The third-order valence-corrected chi connectivity index (χ3v) is 5.37. The molecular weight excluding hydrogens is 371 g/mol. The minimum Gasteiger partial charge on any atom is -0.207 e. The number of hydrogen-bond acceptors (Lipinski definition) is 0. The fraction of sp³-hybridized carbons (Fsp3) is 0.250. The maximum absolute atomic E-state index is 13.4. The van der Waals surface area contributed by atoms with Gasteiger partial charge in [-0.1, -0.05) is 56.1 Å². The fourth-order valence-electron chi connectivity index (χ4n) is 2.84. The zero-order valence-electron chi connectivity index (χ0n) is 10.2. The first-order valence-corrected chi connectivity index (χ1v) is 8.01. The van der Waals surface area contributed by atoms with Crippen LogP contribution in [0.5, 0.6) is 0 Å². The van der Waals surface area contributed by atoms with E-state index in [4.69, 9.17) is 0 Å². The van der Waals surface area contributed by atoms with Gasteiger partial charge in [0.05, 0.1) is 0 Å². The Bertz CT molecular complexity index is 589. The summed E-state index contributed by atoms with van der Waals surface area (Å²) in [5, 5.41) is 0. The second-order valence-electron chi connectivity index (χ2n) is 5.05. The second-order valence-corrected chi connectivity index (χ2v) is 6.95. The van der Waals surface area contributed by atoms with Crippen LogP contribution in [0.1, 0.15) is 21.5 Å².